The van der Waals surface area contributed by atoms with Crippen molar-refractivity contribution in [2.24, 2.45) is 0 Å². The van der Waals surface area contributed by atoms with Gasteiger partial charge in [-0.1, -0.05) is 0 Å². The lowest BCUT2D eigenvalue weighted by molar-refractivity contribution is 0.411. The van der Waals surface area contributed by atoms with E-state index in [-0.39, 0.29) is 5.75 Å². The van der Waals surface area contributed by atoms with Crippen molar-refractivity contribution in [1.82, 2.24) is 0 Å². The second-order valence-electron chi connectivity index (χ2n) is 4.33. The van der Waals surface area contributed by atoms with Gasteiger partial charge in [0.15, 0.2) is 0 Å². The zero-order chi connectivity index (χ0) is 13.3. The van der Waals surface area contributed by atoms with Crippen molar-refractivity contribution in [3.63, 3.8) is 0 Å². The lowest BCUT2D eigenvalue weighted by Crippen LogP contribution is -1.91. The van der Waals surface area contributed by atoms with Gasteiger partial charge in [0.2, 0.25) is 0 Å². The number of phenolic OH excluding ortho intramolecular Hbond substituents is 1. The second-order valence-corrected chi connectivity index (χ2v) is 4.33. The monoisotopic (exact) mass is 246 g/mol. The van der Waals surface area contributed by atoms with Gasteiger partial charge in [-0.05, 0) is 60.4 Å². The summed E-state index contributed by atoms with van der Waals surface area (Å²) in [6, 6.07) is 7.90. The maximum atomic E-state index is 13.3. The van der Waals surface area contributed by atoms with Crippen LogP contribution in [0.5, 0.6) is 11.5 Å². The number of hydrogen-bond donors (Lipinski definition) is 1. The fourth-order valence-corrected chi connectivity index (χ4v) is 2.05. The molecule has 2 rings (SSSR count). The highest BCUT2D eigenvalue weighted by Gasteiger charge is 2.09. The van der Waals surface area contributed by atoms with Crippen LogP contribution in [0, 0.1) is 19.7 Å². The summed E-state index contributed by atoms with van der Waals surface area (Å²) in [5, 5.41) is 9.45. The number of methoxy groups -OCH3 is 1. The average Bonchev–Trinajstić information content (AvgIpc) is 2.30. The lowest BCUT2D eigenvalue weighted by Gasteiger charge is -2.12. The van der Waals surface area contributed by atoms with Gasteiger partial charge in [0.25, 0.3) is 0 Å². The third-order valence-corrected chi connectivity index (χ3v) is 2.94. The van der Waals surface area contributed by atoms with E-state index >= 15 is 0 Å². The van der Waals surface area contributed by atoms with Crippen molar-refractivity contribution < 1.29 is 14.2 Å². The van der Waals surface area contributed by atoms with E-state index in [1.807, 2.05) is 26.0 Å². The Morgan fingerprint density at radius 3 is 2.33 bits per heavy atom. The molecule has 0 unspecified atom stereocenters. The van der Waals surface area contributed by atoms with Gasteiger partial charge in [-0.15, -0.1) is 0 Å². The molecule has 0 spiro atoms. The van der Waals surface area contributed by atoms with Gasteiger partial charge in [-0.25, -0.2) is 4.39 Å². The summed E-state index contributed by atoms with van der Waals surface area (Å²) < 4.78 is 18.5. The number of halogens is 1. The number of hydrogen-bond acceptors (Lipinski definition) is 2. The fraction of sp³-hybridized carbons (Fsp3) is 0.200. The van der Waals surface area contributed by atoms with Crippen LogP contribution in [0.3, 0.4) is 0 Å². The molecule has 0 radical (unpaired) electrons. The maximum absolute atomic E-state index is 13.3. The van der Waals surface area contributed by atoms with Crippen LogP contribution >= 0.6 is 0 Å². The smallest absolute Gasteiger partial charge is 0.127 e. The first-order valence-electron chi connectivity index (χ1n) is 5.66. The van der Waals surface area contributed by atoms with E-state index in [1.54, 1.807) is 13.2 Å². The minimum atomic E-state index is -0.446. The molecular weight excluding hydrogens is 231 g/mol. The molecule has 0 heterocycles. The van der Waals surface area contributed by atoms with Gasteiger partial charge < -0.3 is 9.84 Å². The van der Waals surface area contributed by atoms with Crippen LogP contribution in [0.1, 0.15) is 11.1 Å². The highest BCUT2D eigenvalue weighted by Crippen LogP contribution is 2.32. The highest BCUT2D eigenvalue weighted by atomic mass is 19.1. The SMILES string of the molecule is COc1cc(C)c(-c2cc(O)cc(F)c2)cc1C. The predicted octanol–water partition coefficient (Wildman–Crippen LogP) is 3.82. The van der Waals surface area contributed by atoms with Crippen LogP contribution < -0.4 is 4.74 Å². The van der Waals surface area contributed by atoms with E-state index < -0.39 is 5.82 Å². The van der Waals surface area contributed by atoms with Crippen LogP contribution in [0.4, 0.5) is 4.39 Å². The van der Waals surface area contributed by atoms with Crippen molar-refractivity contribution in [3.05, 3.63) is 47.3 Å². The second kappa shape index (κ2) is 4.69. The highest BCUT2D eigenvalue weighted by molar-refractivity contribution is 5.70. The van der Waals surface area contributed by atoms with Gasteiger partial charge >= 0.3 is 0 Å². The Kier molecular flexibility index (Phi) is 3.24. The molecule has 3 heteroatoms. The minimum absolute atomic E-state index is 0.0714. The molecule has 0 aromatic heterocycles. The van der Waals surface area contributed by atoms with E-state index in [0.717, 1.165) is 28.5 Å². The van der Waals surface area contributed by atoms with Crippen molar-refractivity contribution in [2.45, 2.75) is 13.8 Å². The van der Waals surface area contributed by atoms with Crippen molar-refractivity contribution in [3.8, 4) is 22.6 Å². The summed E-state index contributed by atoms with van der Waals surface area (Å²) in [5.74, 6) is 0.285. The van der Waals surface area contributed by atoms with Crippen molar-refractivity contribution in [1.29, 1.82) is 0 Å². The van der Waals surface area contributed by atoms with Crippen LogP contribution in [0.25, 0.3) is 11.1 Å². The quantitative estimate of drug-likeness (QED) is 0.872. The summed E-state index contributed by atoms with van der Waals surface area (Å²) in [6.07, 6.45) is 0. The van der Waals surface area contributed by atoms with Gasteiger partial charge in [0.05, 0.1) is 7.11 Å². The summed E-state index contributed by atoms with van der Waals surface area (Å²) in [6.45, 7) is 3.86. The van der Waals surface area contributed by atoms with E-state index in [9.17, 15) is 9.50 Å². The third-order valence-electron chi connectivity index (χ3n) is 2.94. The summed E-state index contributed by atoms with van der Waals surface area (Å²) in [7, 11) is 1.62. The zero-order valence-corrected chi connectivity index (χ0v) is 10.6. The lowest BCUT2D eigenvalue weighted by atomic mass is 9.97. The molecule has 94 valence electrons. The Bertz CT molecular complexity index is 571. The standard InChI is InChI=1S/C15H15FO2/c1-9-5-15(18-3)10(2)4-14(9)11-6-12(16)8-13(17)7-11/h4-8,17H,1-3H3. The van der Waals surface area contributed by atoms with Gasteiger partial charge in [-0.2, -0.15) is 0 Å². The molecule has 0 saturated heterocycles. The van der Waals surface area contributed by atoms with Gasteiger partial charge in [0, 0.05) is 6.07 Å². The largest absolute Gasteiger partial charge is 0.508 e. The topological polar surface area (TPSA) is 29.5 Å². The van der Waals surface area contributed by atoms with E-state index in [1.165, 1.54) is 6.07 Å². The van der Waals surface area contributed by atoms with Crippen LogP contribution in [0.15, 0.2) is 30.3 Å². The fourth-order valence-electron chi connectivity index (χ4n) is 2.05. The zero-order valence-electron chi connectivity index (χ0n) is 10.6. The van der Waals surface area contributed by atoms with Gasteiger partial charge in [0.1, 0.15) is 17.3 Å². The predicted molar refractivity (Wildman–Crippen MR) is 69.5 cm³/mol. The Hall–Kier alpha value is -2.03. The van der Waals surface area contributed by atoms with Crippen molar-refractivity contribution in [2.75, 3.05) is 7.11 Å². The molecule has 2 aromatic carbocycles. The molecule has 0 aliphatic heterocycles. The van der Waals surface area contributed by atoms with Crippen LogP contribution in [-0.2, 0) is 0 Å². The number of aromatic hydroxyl groups is 1. The van der Waals surface area contributed by atoms with Crippen LogP contribution in [0.2, 0.25) is 0 Å². The van der Waals surface area contributed by atoms with Crippen LogP contribution in [-0.4, -0.2) is 12.2 Å². The normalized spacial score (nSPS) is 10.4. The van der Waals surface area contributed by atoms with Crippen molar-refractivity contribution >= 4 is 0 Å². The average molecular weight is 246 g/mol. The molecule has 0 amide bonds. The number of benzene rings is 2. The summed E-state index contributed by atoms with van der Waals surface area (Å²) in [5.41, 5.74) is 3.50. The molecule has 2 aromatic rings. The van der Waals surface area contributed by atoms with E-state index in [2.05, 4.69) is 0 Å². The van der Waals surface area contributed by atoms with E-state index in [0.29, 0.717) is 5.56 Å². The first kappa shape index (κ1) is 12.4. The molecule has 0 bridgehead atoms. The molecule has 0 fully saturated rings. The first-order valence-corrected chi connectivity index (χ1v) is 5.66. The Morgan fingerprint density at radius 2 is 1.72 bits per heavy atom. The third kappa shape index (κ3) is 2.30. The molecule has 0 saturated carbocycles. The Labute approximate surface area is 106 Å². The Morgan fingerprint density at radius 1 is 1.00 bits per heavy atom. The summed E-state index contributed by atoms with van der Waals surface area (Å²) in [4.78, 5) is 0. The summed E-state index contributed by atoms with van der Waals surface area (Å²) >= 11 is 0. The molecule has 0 atom stereocenters. The number of aryl methyl sites for hydroxylation is 2. The molecule has 0 aliphatic rings. The molecule has 18 heavy (non-hydrogen) atoms. The minimum Gasteiger partial charge on any atom is -0.508 e. The number of ether oxygens (including phenoxy) is 1. The number of rotatable bonds is 2. The molecule has 2 nitrogen and oxygen atoms in total. The number of phenols is 1. The Balaban J connectivity index is 2.60. The van der Waals surface area contributed by atoms with E-state index in [4.69, 9.17) is 4.74 Å². The molecular formula is C15H15FO2. The maximum Gasteiger partial charge on any atom is 0.127 e. The van der Waals surface area contributed by atoms with Gasteiger partial charge in [-0.3, -0.25) is 0 Å². The molecule has 1 N–H and O–H groups in total. The molecule has 0 aliphatic carbocycles. The first-order chi connectivity index (χ1) is 8.51.